The first-order chi connectivity index (χ1) is 18.7. The van der Waals surface area contributed by atoms with Crippen molar-refractivity contribution in [3.63, 3.8) is 0 Å². The van der Waals surface area contributed by atoms with Gasteiger partial charge in [0, 0.05) is 36.2 Å². The van der Waals surface area contributed by atoms with Gasteiger partial charge in [-0.2, -0.15) is 0 Å². The average Bonchev–Trinajstić information content (AvgIpc) is 3.68. The summed E-state index contributed by atoms with van der Waals surface area (Å²) in [6, 6.07) is 22.0. The number of hydrogen-bond acceptors (Lipinski definition) is 4. The molecule has 0 atom stereocenters. The number of rotatable bonds is 11. The molecule has 39 heavy (non-hydrogen) atoms. The molecule has 204 valence electrons. The highest BCUT2D eigenvalue weighted by atomic mass is 16.5. The van der Waals surface area contributed by atoms with Crippen LogP contribution in [-0.4, -0.2) is 42.6 Å². The van der Waals surface area contributed by atoms with E-state index in [9.17, 15) is 9.90 Å². The number of aromatic carboxylic acids is 1. The monoisotopic (exact) mass is 527 g/mol. The Kier molecular flexibility index (Phi) is 7.67. The SMILES string of the molecule is COCCOc1cc(Cn2c(C(=O)O)c(-c3ccc(C(C)(C)C)cc3)c3ccccc32)cc(OCC2CC2)c1. The quantitative estimate of drug-likeness (QED) is 0.210. The first-order valence-electron chi connectivity index (χ1n) is 13.6. The number of carbonyl (C=O) groups is 1. The van der Waals surface area contributed by atoms with Crippen LogP contribution in [0.15, 0.2) is 66.7 Å². The van der Waals surface area contributed by atoms with Gasteiger partial charge in [-0.05, 0) is 59.1 Å². The van der Waals surface area contributed by atoms with Crippen molar-refractivity contribution < 1.29 is 24.1 Å². The number of carboxylic acid groups (broad SMARTS) is 1. The summed E-state index contributed by atoms with van der Waals surface area (Å²) >= 11 is 0. The lowest BCUT2D eigenvalue weighted by atomic mass is 9.86. The van der Waals surface area contributed by atoms with Gasteiger partial charge in [0.1, 0.15) is 23.8 Å². The molecule has 1 heterocycles. The van der Waals surface area contributed by atoms with Crippen molar-refractivity contribution in [2.75, 3.05) is 26.9 Å². The molecule has 1 fully saturated rings. The minimum absolute atomic E-state index is 0.0117. The number of fused-ring (bicyclic) bond motifs is 1. The van der Waals surface area contributed by atoms with Crippen LogP contribution in [0.4, 0.5) is 0 Å². The van der Waals surface area contributed by atoms with E-state index >= 15 is 0 Å². The van der Waals surface area contributed by atoms with Crippen LogP contribution in [0.5, 0.6) is 11.5 Å². The standard InChI is InChI=1S/C33H37NO5/c1-33(2,3)25-13-11-24(12-14-25)30-28-7-5-6-8-29(28)34(31(30)32(35)36)20-23-17-26(38-16-15-37-4)19-27(18-23)39-21-22-9-10-22/h5-8,11-14,17-19,22H,9-10,15-16,20-21H2,1-4H3,(H,35,36). The normalized spacial score (nSPS) is 13.5. The van der Waals surface area contributed by atoms with Gasteiger partial charge in [-0.1, -0.05) is 63.2 Å². The van der Waals surface area contributed by atoms with Crippen molar-refractivity contribution in [1.29, 1.82) is 0 Å². The van der Waals surface area contributed by atoms with Gasteiger partial charge >= 0.3 is 5.97 Å². The van der Waals surface area contributed by atoms with Crippen LogP contribution >= 0.6 is 0 Å². The third kappa shape index (κ3) is 6.12. The number of para-hydroxylation sites is 1. The van der Waals surface area contributed by atoms with E-state index in [4.69, 9.17) is 14.2 Å². The molecule has 0 aliphatic heterocycles. The summed E-state index contributed by atoms with van der Waals surface area (Å²) in [6.45, 7) is 8.46. The van der Waals surface area contributed by atoms with Gasteiger partial charge in [-0.15, -0.1) is 0 Å². The zero-order valence-corrected chi connectivity index (χ0v) is 23.2. The molecule has 3 aromatic carbocycles. The molecule has 1 N–H and O–H groups in total. The molecule has 5 rings (SSSR count). The smallest absolute Gasteiger partial charge is 0.353 e. The minimum Gasteiger partial charge on any atom is -0.493 e. The fourth-order valence-electron chi connectivity index (χ4n) is 4.93. The summed E-state index contributed by atoms with van der Waals surface area (Å²) in [4.78, 5) is 12.8. The largest absolute Gasteiger partial charge is 0.493 e. The molecule has 1 aromatic heterocycles. The predicted molar refractivity (Wildman–Crippen MR) is 154 cm³/mol. The molecule has 0 radical (unpaired) electrons. The van der Waals surface area contributed by atoms with E-state index in [-0.39, 0.29) is 11.1 Å². The number of benzene rings is 3. The molecular formula is C33H37NO5. The summed E-state index contributed by atoms with van der Waals surface area (Å²) in [6.07, 6.45) is 2.40. The zero-order valence-electron chi connectivity index (χ0n) is 23.2. The summed E-state index contributed by atoms with van der Waals surface area (Å²) in [5.74, 6) is 1.07. The van der Waals surface area contributed by atoms with E-state index in [1.165, 1.54) is 18.4 Å². The highest BCUT2D eigenvalue weighted by Gasteiger charge is 2.25. The first-order valence-corrected chi connectivity index (χ1v) is 13.6. The second-order valence-electron chi connectivity index (χ2n) is 11.4. The van der Waals surface area contributed by atoms with Gasteiger partial charge in [-0.3, -0.25) is 0 Å². The van der Waals surface area contributed by atoms with Crippen LogP contribution < -0.4 is 9.47 Å². The van der Waals surface area contributed by atoms with E-state index in [0.717, 1.165) is 33.3 Å². The van der Waals surface area contributed by atoms with Crippen LogP contribution in [0.2, 0.25) is 0 Å². The number of hydrogen-bond donors (Lipinski definition) is 1. The van der Waals surface area contributed by atoms with Crippen LogP contribution in [0, 0.1) is 5.92 Å². The number of nitrogens with zero attached hydrogens (tertiary/aromatic N) is 1. The lowest BCUT2D eigenvalue weighted by Gasteiger charge is -2.19. The first kappa shape index (κ1) is 26.8. The molecule has 4 aromatic rings. The molecular weight excluding hydrogens is 490 g/mol. The van der Waals surface area contributed by atoms with E-state index < -0.39 is 5.97 Å². The Morgan fingerprint density at radius 1 is 0.949 bits per heavy atom. The van der Waals surface area contributed by atoms with Gasteiger partial charge in [-0.25, -0.2) is 4.79 Å². The van der Waals surface area contributed by atoms with Crippen molar-refractivity contribution in [2.24, 2.45) is 5.92 Å². The van der Waals surface area contributed by atoms with Gasteiger partial charge in [0.2, 0.25) is 0 Å². The molecule has 6 nitrogen and oxygen atoms in total. The van der Waals surface area contributed by atoms with Gasteiger partial charge in [0.15, 0.2) is 0 Å². The Morgan fingerprint density at radius 3 is 2.28 bits per heavy atom. The lowest BCUT2D eigenvalue weighted by molar-refractivity contribution is 0.0687. The maximum Gasteiger partial charge on any atom is 0.353 e. The molecule has 0 saturated heterocycles. The maximum absolute atomic E-state index is 12.8. The Morgan fingerprint density at radius 2 is 1.64 bits per heavy atom. The fourth-order valence-corrected chi connectivity index (χ4v) is 4.93. The average molecular weight is 528 g/mol. The second-order valence-corrected chi connectivity index (χ2v) is 11.4. The van der Waals surface area contributed by atoms with Crippen molar-refractivity contribution in [3.05, 3.63) is 83.6 Å². The Hall–Kier alpha value is -3.77. The number of ether oxygens (including phenoxy) is 3. The van der Waals surface area contributed by atoms with Crippen molar-refractivity contribution in [1.82, 2.24) is 4.57 Å². The maximum atomic E-state index is 12.8. The topological polar surface area (TPSA) is 69.9 Å². The van der Waals surface area contributed by atoms with E-state index in [0.29, 0.717) is 38.0 Å². The lowest BCUT2D eigenvalue weighted by Crippen LogP contribution is -2.12. The summed E-state index contributed by atoms with van der Waals surface area (Å²) in [5.41, 5.74) is 4.89. The number of aromatic nitrogens is 1. The number of carboxylic acids is 1. The van der Waals surface area contributed by atoms with E-state index in [1.807, 2.05) is 59.2 Å². The fraction of sp³-hybridized carbons (Fsp3) is 0.364. The Labute approximate surface area is 230 Å². The second kappa shape index (κ2) is 11.1. The van der Waals surface area contributed by atoms with Gasteiger partial charge in [0.05, 0.1) is 13.2 Å². The molecule has 1 saturated carbocycles. The molecule has 6 heteroatoms. The van der Waals surface area contributed by atoms with Crippen molar-refractivity contribution in [2.45, 2.75) is 45.6 Å². The Balaban J connectivity index is 1.58. The van der Waals surface area contributed by atoms with Gasteiger partial charge < -0.3 is 23.9 Å². The summed E-state index contributed by atoms with van der Waals surface area (Å²) in [7, 11) is 1.64. The summed E-state index contributed by atoms with van der Waals surface area (Å²) < 4.78 is 19.1. The van der Waals surface area contributed by atoms with Crippen molar-refractivity contribution >= 4 is 16.9 Å². The predicted octanol–water partition coefficient (Wildman–Crippen LogP) is 7.17. The van der Waals surface area contributed by atoms with Crippen LogP contribution in [0.25, 0.3) is 22.0 Å². The molecule has 0 amide bonds. The third-order valence-corrected chi connectivity index (χ3v) is 7.23. The Bertz CT molecular complexity index is 1460. The van der Waals surface area contributed by atoms with E-state index in [1.54, 1.807) is 7.11 Å². The van der Waals surface area contributed by atoms with Crippen molar-refractivity contribution in [3.8, 4) is 22.6 Å². The van der Waals surface area contributed by atoms with Crippen LogP contribution in [-0.2, 0) is 16.7 Å². The minimum atomic E-state index is -0.959. The molecule has 1 aliphatic rings. The van der Waals surface area contributed by atoms with Gasteiger partial charge in [0.25, 0.3) is 0 Å². The van der Waals surface area contributed by atoms with Crippen LogP contribution in [0.1, 0.15) is 55.2 Å². The molecule has 1 aliphatic carbocycles. The molecule has 0 spiro atoms. The summed E-state index contributed by atoms with van der Waals surface area (Å²) in [5, 5.41) is 11.4. The van der Waals surface area contributed by atoms with E-state index in [2.05, 4.69) is 32.9 Å². The number of methoxy groups -OCH3 is 1. The highest BCUT2D eigenvalue weighted by molar-refractivity contribution is 6.08. The third-order valence-electron chi connectivity index (χ3n) is 7.23. The molecule has 0 bridgehead atoms. The van der Waals surface area contributed by atoms with Crippen LogP contribution in [0.3, 0.4) is 0 Å². The highest BCUT2D eigenvalue weighted by Crippen LogP contribution is 2.37. The molecule has 0 unspecified atom stereocenters. The zero-order chi connectivity index (χ0) is 27.6.